The molecule has 0 heterocycles. The van der Waals surface area contributed by atoms with E-state index in [1.54, 1.807) is 18.2 Å². The Morgan fingerprint density at radius 3 is 2.44 bits per heavy atom. The van der Waals surface area contributed by atoms with Gasteiger partial charge in [-0.3, -0.25) is 9.59 Å². The minimum Gasteiger partial charge on any atom is -0.455 e. The van der Waals surface area contributed by atoms with Crippen LogP contribution in [-0.2, 0) is 26.3 Å². The summed E-state index contributed by atoms with van der Waals surface area (Å²) in [5.41, 5.74) is 1.10. The topological polar surface area (TPSA) is 55.4 Å². The van der Waals surface area contributed by atoms with Crippen molar-refractivity contribution in [2.75, 3.05) is 6.61 Å². The van der Waals surface area contributed by atoms with E-state index in [1.165, 1.54) is 0 Å². The Morgan fingerprint density at radius 1 is 1.08 bits per heavy atom. The predicted octanol–water partition coefficient (Wildman–Crippen LogP) is 3.88. The predicted molar refractivity (Wildman–Crippen MR) is 96.6 cm³/mol. The van der Waals surface area contributed by atoms with E-state index >= 15 is 0 Å². The summed E-state index contributed by atoms with van der Waals surface area (Å²) < 4.78 is 5.22. The number of ether oxygens (including phenoxy) is 1. The second kappa shape index (κ2) is 7.46. The zero-order chi connectivity index (χ0) is 17.9. The first-order chi connectivity index (χ1) is 12.0. The summed E-state index contributed by atoms with van der Waals surface area (Å²) in [4.78, 5) is 24.3. The molecular weight excluding hydrogens is 361 g/mol. The number of hydrogen-bond acceptors (Lipinski definition) is 3. The Kier molecular flexibility index (Phi) is 5.30. The van der Waals surface area contributed by atoms with Crippen molar-refractivity contribution in [2.45, 2.75) is 24.8 Å². The minimum absolute atomic E-state index is 0.246. The third-order valence-electron chi connectivity index (χ3n) is 4.29. The summed E-state index contributed by atoms with van der Waals surface area (Å²) in [5, 5.41) is 3.69. The third kappa shape index (κ3) is 4.14. The molecular formula is C19H17Cl2NO3. The van der Waals surface area contributed by atoms with Crippen molar-refractivity contribution in [1.82, 2.24) is 5.32 Å². The molecule has 1 fully saturated rings. The minimum atomic E-state index is -0.582. The molecule has 0 atom stereocenters. The molecule has 1 amide bonds. The Bertz CT molecular complexity index is 789. The van der Waals surface area contributed by atoms with Crippen LogP contribution in [0.15, 0.2) is 48.5 Å². The Hall–Kier alpha value is -2.04. The van der Waals surface area contributed by atoms with Crippen LogP contribution in [0, 0.1) is 0 Å². The molecule has 1 saturated carbocycles. The molecule has 0 aromatic heterocycles. The molecule has 0 bridgehead atoms. The fraction of sp³-hybridized carbons (Fsp3) is 0.263. The maximum Gasteiger partial charge on any atom is 0.317 e. The molecule has 3 rings (SSSR count). The van der Waals surface area contributed by atoms with Gasteiger partial charge < -0.3 is 10.1 Å². The van der Waals surface area contributed by atoms with Gasteiger partial charge in [0.15, 0.2) is 6.61 Å². The lowest BCUT2D eigenvalue weighted by Crippen LogP contribution is -2.31. The molecule has 6 heteroatoms. The van der Waals surface area contributed by atoms with Gasteiger partial charge in [-0.25, -0.2) is 0 Å². The van der Waals surface area contributed by atoms with Crippen molar-refractivity contribution in [3.8, 4) is 0 Å². The van der Waals surface area contributed by atoms with Crippen LogP contribution in [0.4, 0.5) is 0 Å². The highest BCUT2D eigenvalue weighted by molar-refractivity contribution is 6.35. The quantitative estimate of drug-likeness (QED) is 0.777. The molecule has 1 N–H and O–H groups in total. The molecule has 130 valence electrons. The van der Waals surface area contributed by atoms with E-state index in [0.29, 0.717) is 10.0 Å². The van der Waals surface area contributed by atoms with Crippen molar-refractivity contribution in [3.05, 3.63) is 69.7 Å². The number of halogens is 2. The largest absolute Gasteiger partial charge is 0.455 e. The SMILES string of the molecule is O=C(COC(=O)C1(c2ccccc2)CC1)NCc1ccc(Cl)cc1Cl. The Morgan fingerprint density at radius 2 is 1.80 bits per heavy atom. The summed E-state index contributed by atoms with van der Waals surface area (Å²) in [7, 11) is 0. The fourth-order valence-corrected chi connectivity index (χ4v) is 3.15. The van der Waals surface area contributed by atoms with Crippen LogP contribution >= 0.6 is 23.2 Å². The van der Waals surface area contributed by atoms with E-state index in [0.717, 1.165) is 24.0 Å². The van der Waals surface area contributed by atoms with Gasteiger partial charge in [-0.1, -0.05) is 59.6 Å². The molecule has 0 unspecified atom stereocenters. The molecule has 0 spiro atoms. The lowest BCUT2D eigenvalue weighted by Gasteiger charge is -2.15. The van der Waals surface area contributed by atoms with Gasteiger partial charge in [-0.2, -0.15) is 0 Å². The maximum atomic E-state index is 12.4. The number of benzene rings is 2. The molecule has 2 aromatic carbocycles. The molecule has 0 aliphatic heterocycles. The van der Waals surface area contributed by atoms with Gasteiger partial charge in [0.05, 0.1) is 5.41 Å². The highest BCUT2D eigenvalue weighted by Gasteiger charge is 2.52. The van der Waals surface area contributed by atoms with Crippen molar-refractivity contribution in [3.63, 3.8) is 0 Å². The number of hydrogen-bond donors (Lipinski definition) is 1. The van der Waals surface area contributed by atoms with Crippen LogP contribution < -0.4 is 5.32 Å². The van der Waals surface area contributed by atoms with Gasteiger partial charge in [-0.15, -0.1) is 0 Å². The first kappa shape index (κ1) is 17.8. The van der Waals surface area contributed by atoms with Gasteiger partial charge >= 0.3 is 5.97 Å². The highest BCUT2D eigenvalue weighted by atomic mass is 35.5. The van der Waals surface area contributed by atoms with Crippen LogP contribution in [-0.4, -0.2) is 18.5 Å². The number of amides is 1. The molecule has 0 radical (unpaired) electrons. The van der Waals surface area contributed by atoms with Crippen molar-refractivity contribution >= 4 is 35.1 Å². The van der Waals surface area contributed by atoms with Gasteiger partial charge in [0, 0.05) is 16.6 Å². The maximum absolute atomic E-state index is 12.4. The summed E-state index contributed by atoms with van der Waals surface area (Å²) in [6.45, 7) is -0.0607. The van der Waals surface area contributed by atoms with Crippen molar-refractivity contribution in [2.24, 2.45) is 0 Å². The zero-order valence-electron chi connectivity index (χ0n) is 13.4. The molecule has 1 aliphatic carbocycles. The summed E-state index contributed by atoms with van der Waals surface area (Å²) in [6, 6.07) is 14.6. The van der Waals surface area contributed by atoms with Gasteiger partial charge in [0.25, 0.3) is 5.91 Å². The fourth-order valence-electron chi connectivity index (χ4n) is 2.67. The average Bonchev–Trinajstić information content (AvgIpc) is 3.41. The number of nitrogens with one attached hydrogen (secondary N) is 1. The van der Waals surface area contributed by atoms with Gasteiger partial charge in [0.2, 0.25) is 0 Å². The number of carbonyl (C=O) groups is 2. The van der Waals surface area contributed by atoms with Crippen LogP contribution in [0.25, 0.3) is 0 Å². The molecule has 2 aromatic rings. The average molecular weight is 378 g/mol. The highest BCUT2D eigenvalue weighted by Crippen LogP contribution is 2.49. The first-order valence-corrected chi connectivity index (χ1v) is 8.70. The summed E-state index contributed by atoms with van der Waals surface area (Å²) >= 11 is 11.9. The van der Waals surface area contributed by atoms with E-state index in [9.17, 15) is 9.59 Å². The van der Waals surface area contributed by atoms with E-state index in [2.05, 4.69) is 5.32 Å². The van der Waals surface area contributed by atoms with Crippen LogP contribution in [0.5, 0.6) is 0 Å². The second-order valence-electron chi connectivity index (χ2n) is 6.04. The smallest absolute Gasteiger partial charge is 0.317 e. The van der Waals surface area contributed by atoms with Gasteiger partial charge in [0.1, 0.15) is 0 Å². The lowest BCUT2D eigenvalue weighted by molar-refractivity contribution is -0.151. The van der Waals surface area contributed by atoms with Crippen LogP contribution in [0.3, 0.4) is 0 Å². The van der Waals surface area contributed by atoms with Crippen molar-refractivity contribution < 1.29 is 14.3 Å². The standard InChI is InChI=1S/C19H17Cl2NO3/c20-15-7-6-13(16(21)10-15)11-22-17(23)12-25-18(24)19(8-9-19)14-4-2-1-3-5-14/h1-7,10H,8-9,11-12H2,(H,22,23). The summed E-state index contributed by atoms with van der Waals surface area (Å²) in [6.07, 6.45) is 1.50. The second-order valence-corrected chi connectivity index (χ2v) is 6.88. The summed E-state index contributed by atoms with van der Waals surface area (Å²) in [5.74, 6) is -0.721. The molecule has 4 nitrogen and oxygen atoms in total. The first-order valence-electron chi connectivity index (χ1n) is 7.95. The Balaban J connectivity index is 1.50. The molecule has 1 aliphatic rings. The number of esters is 1. The van der Waals surface area contributed by atoms with Crippen LogP contribution in [0.2, 0.25) is 10.0 Å². The Labute approximate surface area is 156 Å². The molecule has 25 heavy (non-hydrogen) atoms. The number of rotatable bonds is 6. The van der Waals surface area contributed by atoms with Crippen LogP contribution in [0.1, 0.15) is 24.0 Å². The van der Waals surface area contributed by atoms with Gasteiger partial charge in [-0.05, 0) is 36.1 Å². The lowest BCUT2D eigenvalue weighted by atomic mass is 9.96. The van der Waals surface area contributed by atoms with E-state index in [4.69, 9.17) is 27.9 Å². The third-order valence-corrected chi connectivity index (χ3v) is 4.88. The normalized spacial score (nSPS) is 14.6. The van der Waals surface area contributed by atoms with Crippen molar-refractivity contribution in [1.29, 1.82) is 0 Å². The zero-order valence-corrected chi connectivity index (χ0v) is 14.9. The van der Waals surface area contributed by atoms with E-state index in [1.807, 2.05) is 30.3 Å². The van der Waals surface area contributed by atoms with E-state index < -0.39 is 5.41 Å². The molecule has 0 saturated heterocycles. The monoisotopic (exact) mass is 377 g/mol. The van der Waals surface area contributed by atoms with E-state index in [-0.39, 0.29) is 25.0 Å². The number of carbonyl (C=O) groups excluding carboxylic acids is 2.